The van der Waals surface area contributed by atoms with Crippen LogP contribution in [0, 0.1) is 15.9 Å². The summed E-state index contributed by atoms with van der Waals surface area (Å²) >= 11 is 0. The van der Waals surface area contributed by atoms with Gasteiger partial charge >= 0.3 is 0 Å². The molecule has 1 aromatic carbocycles. The Bertz CT molecular complexity index is 424. The van der Waals surface area contributed by atoms with Crippen molar-refractivity contribution in [3.8, 4) is 0 Å². The fourth-order valence-electron chi connectivity index (χ4n) is 1.46. The maximum atomic E-state index is 13.5. The van der Waals surface area contributed by atoms with Gasteiger partial charge in [0.05, 0.1) is 4.92 Å². The van der Waals surface area contributed by atoms with E-state index in [4.69, 9.17) is 0 Å². The molecule has 0 saturated carbocycles. The molecule has 1 aromatic rings. The first-order valence-corrected chi connectivity index (χ1v) is 5.80. The summed E-state index contributed by atoms with van der Waals surface area (Å²) < 4.78 is 13.5. The third-order valence-corrected chi connectivity index (χ3v) is 2.84. The molecule has 0 unspecified atom stereocenters. The standard InChI is InChI=1S/C12H18FN3O2/c1-9(2)15(3)8-7-14-12-10(13)5-4-6-11(12)16(17)18/h4-6,9,14H,7-8H2,1-3H3. The normalized spacial score (nSPS) is 11.0. The lowest BCUT2D eigenvalue weighted by Crippen LogP contribution is -2.31. The lowest BCUT2D eigenvalue weighted by Gasteiger charge is -2.21. The molecule has 6 heteroatoms. The number of halogens is 1. The second kappa shape index (κ2) is 6.30. The highest BCUT2D eigenvalue weighted by Crippen LogP contribution is 2.26. The predicted octanol–water partition coefficient (Wildman–Crippen LogP) is 2.49. The molecule has 5 nitrogen and oxygen atoms in total. The van der Waals surface area contributed by atoms with E-state index in [1.807, 2.05) is 20.9 Å². The number of rotatable bonds is 6. The maximum Gasteiger partial charge on any atom is 0.295 e. The fourth-order valence-corrected chi connectivity index (χ4v) is 1.46. The van der Waals surface area contributed by atoms with Gasteiger partial charge < -0.3 is 10.2 Å². The molecule has 0 fully saturated rings. The van der Waals surface area contributed by atoms with Crippen molar-refractivity contribution >= 4 is 11.4 Å². The fraction of sp³-hybridized carbons (Fsp3) is 0.500. The van der Waals surface area contributed by atoms with Gasteiger partial charge in [-0.2, -0.15) is 0 Å². The van der Waals surface area contributed by atoms with Crippen LogP contribution in [-0.4, -0.2) is 36.0 Å². The largest absolute Gasteiger partial charge is 0.376 e. The minimum atomic E-state index is -0.601. The summed E-state index contributed by atoms with van der Waals surface area (Å²) in [6.45, 7) is 5.23. The minimum Gasteiger partial charge on any atom is -0.376 e. The average Bonchev–Trinajstić information content (AvgIpc) is 2.30. The second-order valence-corrected chi connectivity index (χ2v) is 4.39. The van der Waals surface area contributed by atoms with Gasteiger partial charge in [0.2, 0.25) is 0 Å². The van der Waals surface area contributed by atoms with Crippen LogP contribution < -0.4 is 5.32 Å². The summed E-state index contributed by atoms with van der Waals surface area (Å²) in [6, 6.07) is 4.21. The molecule has 0 aliphatic heterocycles. The summed E-state index contributed by atoms with van der Waals surface area (Å²) in [7, 11) is 1.95. The topological polar surface area (TPSA) is 58.4 Å². The molecule has 0 aliphatic carbocycles. The van der Waals surface area contributed by atoms with Crippen LogP contribution in [0.1, 0.15) is 13.8 Å². The van der Waals surface area contributed by atoms with Crippen LogP contribution in [0.4, 0.5) is 15.8 Å². The molecule has 1 rings (SSSR count). The molecule has 0 atom stereocenters. The van der Waals surface area contributed by atoms with Gasteiger partial charge in [0.25, 0.3) is 5.69 Å². The molecule has 0 saturated heterocycles. The molecule has 0 aromatic heterocycles. The van der Waals surface area contributed by atoms with E-state index in [0.29, 0.717) is 19.1 Å². The highest BCUT2D eigenvalue weighted by atomic mass is 19.1. The number of nitrogens with zero attached hydrogens (tertiary/aromatic N) is 2. The van der Waals surface area contributed by atoms with E-state index in [1.54, 1.807) is 0 Å². The van der Waals surface area contributed by atoms with Crippen molar-refractivity contribution in [2.75, 3.05) is 25.5 Å². The van der Waals surface area contributed by atoms with Crippen molar-refractivity contribution in [3.05, 3.63) is 34.1 Å². The SMILES string of the molecule is CC(C)N(C)CCNc1c(F)cccc1[N+](=O)[O-]. The zero-order valence-electron chi connectivity index (χ0n) is 10.8. The van der Waals surface area contributed by atoms with Crippen LogP contribution in [0.25, 0.3) is 0 Å². The summed E-state index contributed by atoms with van der Waals surface area (Å²) in [5, 5.41) is 13.6. The second-order valence-electron chi connectivity index (χ2n) is 4.39. The summed E-state index contributed by atoms with van der Waals surface area (Å²) in [4.78, 5) is 12.3. The van der Waals surface area contributed by atoms with Crippen molar-refractivity contribution < 1.29 is 9.31 Å². The number of benzene rings is 1. The van der Waals surface area contributed by atoms with Gasteiger partial charge in [-0.15, -0.1) is 0 Å². The van der Waals surface area contributed by atoms with Crippen LogP contribution in [0.2, 0.25) is 0 Å². The zero-order chi connectivity index (χ0) is 13.7. The lowest BCUT2D eigenvalue weighted by molar-refractivity contribution is -0.384. The molecule has 0 heterocycles. The Morgan fingerprint density at radius 3 is 2.72 bits per heavy atom. The van der Waals surface area contributed by atoms with Crippen molar-refractivity contribution in [2.45, 2.75) is 19.9 Å². The number of hydrogen-bond acceptors (Lipinski definition) is 4. The molecular formula is C12H18FN3O2. The van der Waals surface area contributed by atoms with Crippen LogP contribution in [0.5, 0.6) is 0 Å². The number of nitrogens with one attached hydrogen (secondary N) is 1. The Balaban J connectivity index is 2.70. The minimum absolute atomic E-state index is 0.0420. The number of para-hydroxylation sites is 1. The Labute approximate surface area is 106 Å². The van der Waals surface area contributed by atoms with Gasteiger partial charge in [-0.1, -0.05) is 6.07 Å². The van der Waals surface area contributed by atoms with Gasteiger partial charge in [0.15, 0.2) is 5.82 Å². The van der Waals surface area contributed by atoms with E-state index in [2.05, 4.69) is 10.2 Å². The molecule has 0 bridgehead atoms. The number of nitro groups is 1. The highest BCUT2D eigenvalue weighted by molar-refractivity contribution is 5.62. The summed E-state index contributed by atoms with van der Waals surface area (Å²) in [5.41, 5.74) is -0.276. The van der Waals surface area contributed by atoms with Crippen LogP contribution in [0.3, 0.4) is 0 Å². The maximum absolute atomic E-state index is 13.5. The molecule has 0 spiro atoms. The molecule has 0 radical (unpaired) electrons. The third kappa shape index (κ3) is 3.66. The number of likely N-dealkylation sites (N-methyl/N-ethyl adjacent to an activating group) is 1. The summed E-state index contributed by atoms with van der Waals surface area (Å²) in [6.07, 6.45) is 0. The number of anilines is 1. The Morgan fingerprint density at radius 1 is 1.50 bits per heavy atom. The first-order valence-electron chi connectivity index (χ1n) is 5.80. The summed E-state index contributed by atoms with van der Waals surface area (Å²) in [5.74, 6) is -0.601. The van der Waals surface area contributed by atoms with Crippen molar-refractivity contribution in [1.29, 1.82) is 0 Å². The number of hydrogen-bond donors (Lipinski definition) is 1. The van der Waals surface area contributed by atoms with Crippen molar-refractivity contribution in [1.82, 2.24) is 4.90 Å². The Hall–Kier alpha value is -1.69. The van der Waals surface area contributed by atoms with Gasteiger partial charge in [-0.3, -0.25) is 10.1 Å². The van der Waals surface area contributed by atoms with Crippen LogP contribution >= 0.6 is 0 Å². The monoisotopic (exact) mass is 255 g/mol. The van der Waals surface area contributed by atoms with Crippen molar-refractivity contribution in [2.24, 2.45) is 0 Å². The van der Waals surface area contributed by atoms with E-state index in [-0.39, 0.29) is 11.4 Å². The third-order valence-electron chi connectivity index (χ3n) is 2.84. The lowest BCUT2D eigenvalue weighted by atomic mass is 10.2. The molecule has 1 N–H and O–H groups in total. The van der Waals surface area contributed by atoms with Gasteiger partial charge in [-0.25, -0.2) is 4.39 Å². The average molecular weight is 255 g/mol. The van der Waals surface area contributed by atoms with E-state index < -0.39 is 10.7 Å². The van der Waals surface area contributed by atoms with Gasteiger partial charge in [0.1, 0.15) is 5.69 Å². The van der Waals surface area contributed by atoms with Gasteiger partial charge in [-0.05, 0) is 27.0 Å². The molecule has 100 valence electrons. The molecular weight excluding hydrogens is 237 g/mol. The number of nitro benzene ring substituents is 1. The molecule has 0 aliphatic rings. The Morgan fingerprint density at radius 2 is 2.17 bits per heavy atom. The van der Waals surface area contributed by atoms with E-state index >= 15 is 0 Å². The first kappa shape index (κ1) is 14.4. The van der Waals surface area contributed by atoms with Crippen molar-refractivity contribution in [3.63, 3.8) is 0 Å². The molecule has 0 amide bonds. The zero-order valence-corrected chi connectivity index (χ0v) is 10.8. The van der Waals surface area contributed by atoms with Crippen LogP contribution in [0.15, 0.2) is 18.2 Å². The van der Waals surface area contributed by atoms with Crippen LogP contribution in [-0.2, 0) is 0 Å². The predicted molar refractivity (Wildman–Crippen MR) is 69.3 cm³/mol. The smallest absolute Gasteiger partial charge is 0.295 e. The molecule has 18 heavy (non-hydrogen) atoms. The first-order chi connectivity index (χ1) is 8.43. The van der Waals surface area contributed by atoms with E-state index in [0.717, 1.165) is 0 Å². The Kier molecular flexibility index (Phi) is 5.03. The quantitative estimate of drug-likeness (QED) is 0.626. The highest BCUT2D eigenvalue weighted by Gasteiger charge is 2.17. The van der Waals surface area contributed by atoms with E-state index in [1.165, 1.54) is 18.2 Å². The van der Waals surface area contributed by atoms with Gasteiger partial charge in [0, 0.05) is 25.2 Å². The van der Waals surface area contributed by atoms with E-state index in [9.17, 15) is 14.5 Å².